The molecule has 0 aliphatic heterocycles. The van der Waals surface area contributed by atoms with Gasteiger partial charge in [-0.25, -0.2) is 12.7 Å². The molecule has 0 unspecified atom stereocenters. The van der Waals surface area contributed by atoms with Crippen LogP contribution in [0, 0.1) is 0 Å². The molecule has 7 heteroatoms. The fourth-order valence-corrected chi connectivity index (χ4v) is 2.84. The van der Waals surface area contributed by atoms with Crippen LogP contribution in [-0.2, 0) is 16.6 Å². The lowest BCUT2D eigenvalue weighted by atomic mass is 10.4. The summed E-state index contributed by atoms with van der Waals surface area (Å²) in [6.07, 6.45) is 3.74. The first-order chi connectivity index (χ1) is 9.45. The van der Waals surface area contributed by atoms with E-state index >= 15 is 0 Å². The van der Waals surface area contributed by atoms with Crippen molar-refractivity contribution in [1.82, 2.24) is 14.2 Å². The van der Waals surface area contributed by atoms with Gasteiger partial charge in [-0.3, -0.25) is 4.79 Å². The van der Waals surface area contributed by atoms with Crippen molar-refractivity contribution in [3.8, 4) is 0 Å². The van der Waals surface area contributed by atoms with Crippen LogP contribution >= 0.6 is 0 Å². The summed E-state index contributed by atoms with van der Waals surface area (Å²) in [5, 5.41) is 3.21. The minimum absolute atomic E-state index is 0.0106. The van der Waals surface area contributed by atoms with E-state index in [0.29, 0.717) is 26.2 Å². The standard InChI is InChI=1S/C13H23N3O3S/c1-3-16(20(2,18)19)11-6-8-14-9-12-15-10-5-4-7-13(15)17/h4-5,7,10,14H,3,6,8-9,11-12H2,1-2H3. The van der Waals surface area contributed by atoms with E-state index in [4.69, 9.17) is 0 Å². The third-order valence-electron chi connectivity index (χ3n) is 3.01. The Hall–Kier alpha value is -1.18. The van der Waals surface area contributed by atoms with Gasteiger partial charge in [0.25, 0.3) is 5.56 Å². The summed E-state index contributed by atoms with van der Waals surface area (Å²) in [4.78, 5) is 11.4. The van der Waals surface area contributed by atoms with E-state index in [0.717, 1.165) is 13.0 Å². The van der Waals surface area contributed by atoms with Gasteiger partial charge in [-0.15, -0.1) is 0 Å². The number of sulfonamides is 1. The summed E-state index contributed by atoms with van der Waals surface area (Å²) in [5.41, 5.74) is -0.0106. The van der Waals surface area contributed by atoms with Crippen molar-refractivity contribution < 1.29 is 8.42 Å². The smallest absolute Gasteiger partial charge is 0.250 e. The van der Waals surface area contributed by atoms with Gasteiger partial charge in [-0.1, -0.05) is 13.0 Å². The Kier molecular flexibility index (Phi) is 6.90. The topological polar surface area (TPSA) is 71.4 Å². The molecule has 0 aromatic carbocycles. The molecule has 0 saturated heterocycles. The highest BCUT2D eigenvalue weighted by atomic mass is 32.2. The number of rotatable bonds is 9. The van der Waals surface area contributed by atoms with Gasteiger partial charge in [-0.05, 0) is 19.0 Å². The summed E-state index contributed by atoms with van der Waals surface area (Å²) in [7, 11) is -3.10. The molecule has 6 nitrogen and oxygen atoms in total. The van der Waals surface area contributed by atoms with Crippen molar-refractivity contribution >= 4 is 10.0 Å². The average Bonchev–Trinajstić information content (AvgIpc) is 2.38. The van der Waals surface area contributed by atoms with Crippen LogP contribution in [0.25, 0.3) is 0 Å². The maximum absolute atomic E-state index is 11.4. The van der Waals surface area contributed by atoms with Crippen LogP contribution < -0.4 is 10.9 Å². The fourth-order valence-electron chi connectivity index (χ4n) is 1.91. The molecule has 20 heavy (non-hydrogen) atoms. The zero-order valence-electron chi connectivity index (χ0n) is 12.1. The molecule has 1 heterocycles. The Bertz CT molecular complexity index is 554. The van der Waals surface area contributed by atoms with Gasteiger partial charge in [0.1, 0.15) is 0 Å². The molecule has 0 amide bonds. The van der Waals surface area contributed by atoms with Crippen molar-refractivity contribution in [1.29, 1.82) is 0 Å². The Morgan fingerprint density at radius 2 is 2.05 bits per heavy atom. The summed E-state index contributed by atoms with van der Waals surface area (Å²) in [6, 6.07) is 5.08. The molecular weight excluding hydrogens is 278 g/mol. The van der Waals surface area contributed by atoms with Crippen molar-refractivity contribution in [2.24, 2.45) is 0 Å². The third-order valence-corrected chi connectivity index (χ3v) is 4.39. The first kappa shape index (κ1) is 16.9. The van der Waals surface area contributed by atoms with Crippen LogP contribution in [0.2, 0.25) is 0 Å². The van der Waals surface area contributed by atoms with Crippen molar-refractivity contribution in [3.05, 3.63) is 34.7 Å². The predicted molar refractivity (Wildman–Crippen MR) is 80.3 cm³/mol. The Balaban J connectivity index is 2.20. The fraction of sp³-hybridized carbons (Fsp3) is 0.615. The lowest BCUT2D eigenvalue weighted by Crippen LogP contribution is -2.33. The van der Waals surface area contributed by atoms with Crippen LogP contribution in [0.15, 0.2) is 29.2 Å². The third kappa shape index (κ3) is 5.85. The van der Waals surface area contributed by atoms with E-state index in [1.54, 1.807) is 16.8 Å². The molecule has 0 aliphatic carbocycles. The van der Waals surface area contributed by atoms with Crippen LogP contribution in [-0.4, -0.2) is 49.7 Å². The quantitative estimate of drug-likeness (QED) is 0.657. The first-order valence-corrected chi connectivity index (χ1v) is 8.61. The molecule has 0 aliphatic rings. The van der Waals surface area contributed by atoms with Crippen molar-refractivity contribution in [3.63, 3.8) is 0 Å². The summed E-state index contributed by atoms with van der Waals surface area (Å²) >= 11 is 0. The number of hydrogen-bond acceptors (Lipinski definition) is 4. The van der Waals surface area contributed by atoms with Crippen LogP contribution in [0.1, 0.15) is 13.3 Å². The SMILES string of the molecule is CCN(CCCNCCn1ccccc1=O)S(C)(=O)=O. The summed E-state index contributed by atoms with van der Waals surface area (Å²) in [6.45, 7) is 4.88. The first-order valence-electron chi connectivity index (χ1n) is 6.76. The number of nitrogens with one attached hydrogen (secondary N) is 1. The van der Waals surface area contributed by atoms with Gasteiger partial charge >= 0.3 is 0 Å². The van der Waals surface area contributed by atoms with Gasteiger partial charge in [-0.2, -0.15) is 0 Å². The van der Waals surface area contributed by atoms with E-state index in [2.05, 4.69) is 5.32 Å². The molecule has 0 radical (unpaired) electrons. The molecule has 0 spiro atoms. The molecule has 0 bridgehead atoms. The normalized spacial score (nSPS) is 11.9. The Morgan fingerprint density at radius 1 is 1.30 bits per heavy atom. The lowest BCUT2D eigenvalue weighted by Gasteiger charge is -2.17. The number of hydrogen-bond donors (Lipinski definition) is 1. The molecule has 0 saturated carbocycles. The molecule has 1 aromatic heterocycles. The maximum atomic E-state index is 11.4. The highest BCUT2D eigenvalue weighted by Crippen LogP contribution is 1.98. The van der Waals surface area contributed by atoms with E-state index in [1.165, 1.54) is 16.6 Å². The molecule has 0 fully saturated rings. The molecule has 1 aromatic rings. The van der Waals surface area contributed by atoms with E-state index in [-0.39, 0.29) is 5.56 Å². The zero-order chi connectivity index (χ0) is 15.0. The van der Waals surface area contributed by atoms with Crippen LogP contribution in [0.4, 0.5) is 0 Å². The zero-order valence-corrected chi connectivity index (χ0v) is 12.9. The minimum atomic E-state index is -3.10. The molecule has 0 atom stereocenters. The van der Waals surface area contributed by atoms with Gasteiger partial charge in [0.05, 0.1) is 6.26 Å². The Morgan fingerprint density at radius 3 is 2.65 bits per heavy atom. The lowest BCUT2D eigenvalue weighted by molar-refractivity contribution is 0.417. The van der Waals surface area contributed by atoms with Crippen LogP contribution in [0.3, 0.4) is 0 Å². The van der Waals surface area contributed by atoms with E-state index in [9.17, 15) is 13.2 Å². The summed E-state index contributed by atoms with van der Waals surface area (Å²) < 4.78 is 25.8. The largest absolute Gasteiger partial charge is 0.315 e. The Labute approximate surface area is 120 Å². The second-order valence-corrected chi connectivity index (χ2v) is 6.57. The molecule has 1 N–H and O–H groups in total. The van der Waals surface area contributed by atoms with Crippen LogP contribution in [0.5, 0.6) is 0 Å². The predicted octanol–water partition coefficient (Wildman–Crippen LogP) is 0.110. The highest BCUT2D eigenvalue weighted by molar-refractivity contribution is 7.88. The second-order valence-electron chi connectivity index (χ2n) is 4.59. The van der Waals surface area contributed by atoms with Gasteiger partial charge in [0.15, 0.2) is 0 Å². The number of pyridine rings is 1. The monoisotopic (exact) mass is 301 g/mol. The van der Waals surface area contributed by atoms with Crippen molar-refractivity contribution in [2.75, 3.05) is 32.4 Å². The van der Waals surface area contributed by atoms with Crippen molar-refractivity contribution in [2.45, 2.75) is 19.9 Å². The molecule has 1 rings (SSSR count). The maximum Gasteiger partial charge on any atom is 0.250 e. The van der Waals surface area contributed by atoms with E-state index in [1.807, 2.05) is 13.0 Å². The number of aromatic nitrogens is 1. The molecular formula is C13H23N3O3S. The molecule has 114 valence electrons. The summed E-state index contributed by atoms with van der Waals surface area (Å²) in [5.74, 6) is 0. The average molecular weight is 301 g/mol. The van der Waals surface area contributed by atoms with Gasteiger partial charge < -0.3 is 9.88 Å². The number of nitrogens with zero attached hydrogens (tertiary/aromatic N) is 2. The highest BCUT2D eigenvalue weighted by Gasteiger charge is 2.12. The van der Waals surface area contributed by atoms with Gasteiger partial charge in [0.2, 0.25) is 10.0 Å². The van der Waals surface area contributed by atoms with Gasteiger partial charge in [0, 0.05) is 38.4 Å². The van der Waals surface area contributed by atoms with E-state index < -0.39 is 10.0 Å². The second kappa shape index (κ2) is 8.18. The minimum Gasteiger partial charge on any atom is -0.315 e.